The molecule has 3 nitrogen and oxygen atoms in total. The number of nitrogens with zero attached hydrogens (tertiary/aromatic N) is 2. The molecule has 1 atom stereocenters. The highest BCUT2D eigenvalue weighted by Gasteiger charge is 2.07. The first-order valence-electron chi connectivity index (χ1n) is 4.56. The molecule has 0 radical (unpaired) electrons. The molecule has 0 aromatic carbocycles. The number of alkyl halides is 1. The van der Waals surface area contributed by atoms with E-state index >= 15 is 0 Å². The number of rotatable bonds is 4. The van der Waals surface area contributed by atoms with Crippen molar-refractivity contribution in [2.75, 3.05) is 13.7 Å². The van der Waals surface area contributed by atoms with Crippen LogP contribution in [0.25, 0.3) is 0 Å². The highest BCUT2D eigenvalue weighted by Crippen LogP contribution is 2.08. The van der Waals surface area contributed by atoms with Crippen LogP contribution in [0.4, 0.5) is 0 Å². The molecule has 4 heteroatoms. The number of aryl methyl sites for hydroxylation is 2. The maximum absolute atomic E-state index is 5.03. The maximum atomic E-state index is 5.03. The molecule has 0 aliphatic carbocycles. The van der Waals surface area contributed by atoms with Gasteiger partial charge in [0.05, 0.1) is 6.61 Å². The Labute approximate surface area is 93.0 Å². The molecule has 1 rings (SSSR count). The Bertz CT molecular complexity index is 284. The molecule has 0 saturated heterocycles. The van der Waals surface area contributed by atoms with Gasteiger partial charge in [-0.15, -0.1) is 0 Å². The van der Waals surface area contributed by atoms with Crippen molar-refractivity contribution in [1.82, 2.24) is 9.97 Å². The Balaban J connectivity index is 2.66. The van der Waals surface area contributed by atoms with Gasteiger partial charge in [0.2, 0.25) is 0 Å². The Morgan fingerprint density at radius 2 is 1.93 bits per heavy atom. The zero-order chi connectivity index (χ0) is 10.6. The zero-order valence-electron chi connectivity index (χ0n) is 8.75. The molecular weight excluding hydrogens is 244 g/mol. The van der Waals surface area contributed by atoms with Crippen molar-refractivity contribution in [2.45, 2.75) is 25.1 Å². The fourth-order valence-corrected chi connectivity index (χ4v) is 1.88. The molecule has 0 fully saturated rings. The minimum atomic E-state index is 0.286. The molecule has 0 aliphatic rings. The molecule has 0 amide bonds. The first-order valence-corrected chi connectivity index (χ1v) is 5.47. The second kappa shape index (κ2) is 5.41. The van der Waals surface area contributed by atoms with E-state index in [0.29, 0.717) is 6.61 Å². The van der Waals surface area contributed by atoms with E-state index in [9.17, 15) is 0 Å². The van der Waals surface area contributed by atoms with Crippen LogP contribution in [0.3, 0.4) is 0 Å². The minimum absolute atomic E-state index is 0.286. The second-order valence-corrected chi connectivity index (χ2v) is 4.62. The van der Waals surface area contributed by atoms with Crippen LogP contribution in [0.1, 0.15) is 17.2 Å². The summed E-state index contributed by atoms with van der Waals surface area (Å²) in [5, 5.41) is 0. The van der Waals surface area contributed by atoms with Gasteiger partial charge in [-0.2, -0.15) is 0 Å². The molecule has 1 aromatic rings. The van der Waals surface area contributed by atoms with Gasteiger partial charge in [0, 0.05) is 29.7 Å². The minimum Gasteiger partial charge on any atom is -0.384 e. The van der Waals surface area contributed by atoms with E-state index in [2.05, 4.69) is 25.9 Å². The number of aromatic nitrogens is 2. The highest BCUT2D eigenvalue weighted by molar-refractivity contribution is 9.09. The molecule has 1 unspecified atom stereocenters. The maximum Gasteiger partial charge on any atom is 0.130 e. The molecule has 0 bridgehead atoms. The lowest BCUT2D eigenvalue weighted by atomic mass is 10.3. The molecule has 0 spiro atoms. The van der Waals surface area contributed by atoms with Gasteiger partial charge < -0.3 is 4.74 Å². The van der Waals surface area contributed by atoms with E-state index in [0.717, 1.165) is 23.6 Å². The van der Waals surface area contributed by atoms with Gasteiger partial charge in [0.15, 0.2) is 0 Å². The number of halogens is 1. The van der Waals surface area contributed by atoms with Gasteiger partial charge in [-0.05, 0) is 19.9 Å². The number of methoxy groups -OCH3 is 1. The molecule has 1 heterocycles. The van der Waals surface area contributed by atoms with Gasteiger partial charge in [-0.25, -0.2) is 9.97 Å². The van der Waals surface area contributed by atoms with Crippen LogP contribution < -0.4 is 0 Å². The van der Waals surface area contributed by atoms with Gasteiger partial charge in [-0.3, -0.25) is 0 Å². The van der Waals surface area contributed by atoms with Gasteiger partial charge >= 0.3 is 0 Å². The third-order valence-electron chi connectivity index (χ3n) is 1.78. The molecule has 1 aromatic heterocycles. The predicted octanol–water partition coefficient (Wildman–Crippen LogP) is 2.05. The summed E-state index contributed by atoms with van der Waals surface area (Å²) in [6, 6.07) is 1.98. The smallest absolute Gasteiger partial charge is 0.130 e. The van der Waals surface area contributed by atoms with Crippen LogP contribution in [0.2, 0.25) is 0 Å². The summed E-state index contributed by atoms with van der Waals surface area (Å²) < 4.78 is 5.03. The van der Waals surface area contributed by atoms with E-state index in [1.54, 1.807) is 7.11 Å². The van der Waals surface area contributed by atoms with Crippen LogP contribution in [-0.2, 0) is 11.2 Å². The molecular formula is C10H15BrN2O. The van der Waals surface area contributed by atoms with Crippen LogP contribution in [0.5, 0.6) is 0 Å². The summed E-state index contributed by atoms with van der Waals surface area (Å²) in [4.78, 5) is 9.00. The summed E-state index contributed by atoms with van der Waals surface area (Å²) in [7, 11) is 1.69. The molecule has 14 heavy (non-hydrogen) atoms. The average Bonchev–Trinajstić information content (AvgIpc) is 2.01. The molecule has 0 aliphatic heterocycles. The second-order valence-electron chi connectivity index (χ2n) is 3.32. The first kappa shape index (κ1) is 11.6. The van der Waals surface area contributed by atoms with Crippen LogP contribution in [-0.4, -0.2) is 28.5 Å². The Hall–Kier alpha value is -0.480. The topological polar surface area (TPSA) is 35.0 Å². The van der Waals surface area contributed by atoms with Crippen molar-refractivity contribution in [3.63, 3.8) is 0 Å². The predicted molar refractivity (Wildman–Crippen MR) is 59.8 cm³/mol. The van der Waals surface area contributed by atoms with Crippen molar-refractivity contribution < 1.29 is 4.74 Å². The number of hydrogen-bond acceptors (Lipinski definition) is 3. The fraction of sp³-hybridized carbons (Fsp3) is 0.600. The lowest BCUT2D eigenvalue weighted by molar-refractivity contribution is 0.200. The van der Waals surface area contributed by atoms with E-state index in [4.69, 9.17) is 4.74 Å². The van der Waals surface area contributed by atoms with Crippen LogP contribution in [0.15, 0.2) is 6.07 Å². The summed E-state index contributed by atoms with van der Waals surface area (Å²) in [5.41, 5.74) is 2.04. The van der Waals surface area contributed by atoms with Crippen LogP contribution in [0, 0.1) is 13.8 Å². The van der Waals surface area contributed by atoms with Crippen molar-refractivity contribution in [2.24, 2.45) is 0 Å². The van der Waals surface area contributed by atoms with Crippen molar-refractivity contribution in [3.8, 4) is 0 Å². The standard InChI is InChI=1S/C10H15BrN2O/c1-7-4-8(2)13-10(12-7)5-9(11)6-14-3/h4,9H,5-6H2,1-3H3. The number of hydrogen-bond donors (Lipinski definition) is 0. The SMILES string of the molecule is COCC(Br)Cc1nc(C)cc(C)n1. The monoisotopic (exact) mass is 258 g/mol. The van der Waals surface area contributed by atoms with E-state index in [-0.39, 0.29) is 4.83 Å². The van der Waals surface area contributed by atoms with Gasteiger partial charge in [0.1, 0.15) is 5.82 Å². The van der Waals surface area contributed by atoms with Crippen molar-refractivity contribution >= 4 is 15.9 Å². The summed E-state index contributed by atoms with van der Waals surface area (Å²) in [6.07, 6.45) is 0.802. The van der Waals surface area contributed by atoms with E-state index < -0.39 is 0 Å². The van der Waals surface area contributed by atoms with Crippen molar-refractivity contribution in [3.05, 3.63) is 23.3 Å². The Morgan fingerprint density at radius 1 is 1.36 bits per heavy atom. The molecule has 0 saturated carbocycles. The normalized spacial score (nSPS) is 12.9. The van der Waals surface area contributed by atoms with E-state index in [1.807, 2.05) is 19.9 Å². The zero-order valence-corrected chi connectivity index (χ0v) is 10.3. The lowest BCUT2D eigenvalue weighted by Crippen LogP contribution is -2.13. The third kappa shape index (κ3) is 3.72. The van der Waals surface area contributed by atoms with Crippen LogP contribution >= 0.6 is 15.9 Å². The van der Waals surface area contributed by atoms with Gasteiger partial charge in [0.25, 0.3) is 0 Å². The van der Waals surface area contributed by atoms with Crippen molar-refractivity contribution in [1.29, 1.82) is 0 Å². The first-order chi connectivity index (χ1) is 6.61. The molecule has 0 N–H and O–H groups in total. The Kier molecular flexibility index (Phi) is 4.48. The summed E-state index contributed by atoms with van der Waals surface area (Å²) >= 11 is 3.52. The average molecular weight is 259 g/mol. The lowest BCUT2D eigenvalue weighted by Gasteiger charge is -2.08. The molecule has 78 valence electrons. The summed E-state index contributed by atoms with van der Waals surface area (Å²) in [5.74, 6) is 0.876. The fourth-order valence-electron chi connectivity index (χ4n) is 1.33. The van der Waals surface area contributed by atoms with Gasteiger partial charge in [-0.1, -0.05) is 15.9 Å². The third-order valence-corrected chi connectivity index (χ3v) is 2.37. The van der Waals surface area contributed by atoms with E-state index in [1.165, 1.54) is 0 Å². The highest BCUT2D eigenvalue weighted by atomic mass is 79.9. The Morgan fingerprint density at radius 3 is 2.43 bits per heavy atom. The quantitative estimate of drug-likeness (QED) is 0.776. The summed E-state index contributed by atoms with van der Waals surface area (Å²) in [6.45, 7) is 4.64. The number of ether oxygens (including phenoxy) is 1. The largest absolute Gasteiger partial charge is 0.384 e.